The summed E-state index contributed by atoms with van der Waals surface area (Å²) in [6.45, 7) is 6.13. The van der Waals surface area contributed by atoms with Crippen molar-refractivity contribution in [1.82, 2.24) is 16.0 Å². The molecule has 5 nitrogen and oxygen atoms in total. The number of guanidine groups is 1. The van der Waals surface area contributed by atoms with Gasteiger partial charge in [-0.25, -0.2) is 0 Å². The van der Waals surface area contributed by atoms with E-state index in [2.05, 4.69) is 45.4 Å². The Balaban J connectivity index is 1.68. The van der Waals surface area contributed by atoms with Crippen LogP contribution in [0.3, 0.4) is 0 Å². The van der Waals surface area contributed by atoms with Gasteiger partial charge in [-0.3, -0.25) is 9.79 Å². The smallest absolute Gasteiger partial charge is 0.251 e. The molecular weight excluding hydrogens is 332 g/mol. The summed E-state index contributed by atoms with van der Waals surface area (Å²) in [7, 11) is 1.75. The molecule has 0 aliphatic rings. The zero-order valence-corrected chi connectivity index (χ0v) is 15.8. The lowest BCUT2D eigenvalue weighted by Crippen LogP contribution is -2.42. The van der Waals surface area contributed by atoms with E-state index in [1.807, 2.05) is 31.2 Å². The van der Waals surface area contributed by atoms with Crippen LogP contribution in [0.2, 0.25) is 0 Å². The molecule has 0 saturated heterocycles. The van der Waals surface area contributed by atoms with Crippen molar-refractivity contribution < 1.29 is 4.79 Å². The third-order valence-electron chi connectivity index (χ3n) is 3.81. The average molecular weight is 359 g/mol. The predicted molar refractivity (Wildman–Crippen MR) is 106 cm³/mol. The number of aryl methyl sites for hydroxylation is 1. The summed E-state index contributed by atoms with van der Waals surface area (Å²) in [6.07, 6.45) is 0. The number of aliphatic imine (C=N–C) groups is 1. The molecule has 2 rings (SSSR count). The van der Waals surface area contributed by atoms with E-state index in [0.717, 1.165) is 18.1 Å². The fourth-order valence-corrected chi connectivity index (χ4v) is 3.17. The van der Waals surface area contributed by atoms with Gasteiger partial charge in [-0.1, -0.05) is 30.7 Å². The van der Waals surface area contributed by atoms with Crippen LogP contribution in [0.4, 0.5) is 0 Å². The third-order valence-corrected chi connectivity index (χ3v) is 4.92. The van der Waals surface area contributed by atoms with Crippen LogP contribution < -0.4 is 16.0 Å². The molecule has 1 aromatic carbocycles. The van der Waals surface area contributed by atoms with E-state index in [0.29, 0.717) is 24.6 Å². The van der Waals surface area contributed by atoms with E-state index in [1.54, 1.807) is 18.4 Å². The topological polar surface area (TPSA) is 65.5 Å². The number of nitrogens with zero attached hydrogens (tertiary/aromatic N) is 1. The molecule has 0 fully saturated rings. The van der Waals surface area contributed by atoms with Crippen LogP contribution in [0.25, 0.3) is 0 Å². The molecule has 0 aliphatic heterocycles. The lowest BCUT2D eigenvalue weighted by Gasteiger charge is -2.15. The Labute approximate surface area is 153 Å². The first-order valence-electron chi connectivity index (χ1n) is 8.43. The van der Waals surface area contributed by atoms with Crippen molar-refractivity contribution in [2.75, 3.05) is 26.7 Å². The largest absolute Gasteiger partial charge is 0.356 e. The second-order valence-corrected chi connectivity index (χ2v) is 6.90. The Morgan fingerprint density at radius 2 is 1.96 bits per heavy atom. The summed E-state index contributed by atoms with van der Waals surface area (Å²) in [4.78, 5) is 17.6. The van der Waals surface area contributed by atoms with Gasteiger partial charge in [-0.05, 0) is 30.5 Å². The zero-order valence-electron chi connectivity index (χ0n) is 15.0. The molecule has 1 amide bonds. The van der Waals surface area contributed by atoms with Crippen molar-refractivity contribution in [3.63, 3.8) is 0 Å². The molecule has 1 atom stereocenters. The quantitative estimate of drug-likeness (QED) is 0.405. The highest BCUT2D eigenvalue weighted by atomic mass is 32.1. The second-order valence-electron chi connectivity index (χ2n) is 5.92. The molecule has 25 heavy (non-hydrogen) atoms. The van der Waals surface area contributed by atoms with Gasteiger partial charge in [0.05, 0.1) is 0 Å². The Hall–Kier alpha value is -2.34. The van der Waals surface area contributed by atoms with Crippen LogP contribution in [-0.4, -0.2) is 38.5 Å². The SMILES string of the molecule is CN=C(NCCNC(=O)c1cccc(C)c1)NCC(C)c1cccs1. The molecule has 134 valence electrons. The van der Waals surface area contributed by atoms with E-state index in [-0.39, 0.29) is 5.91 Å². The van der Waals surface area contributed by atoms with Crippen LogP contribution in [0.15, 0.2) is 46.8 Å². The molecular formula is C19H26N4OS. The summed E-state index contributed by atoms with van der Waals surface area (Å²) in [6, 6.07) is 11.8. The maximum absolute atomic E-state index is 12.1. The number of hydrogen-bond donors (Lipinski definition) is 3. The summed E-state index contributed by atoms with van der Waals surface area (Å²) < 4.78 is 0. The van der Waals surface area contributed by atoms with Crippen molar-refractivity contribution in [3.8, 4) is 0 Å². The van der Waals surface area contributed by atoms with Crippen molar-refractivity contribution >= 4 is 23.2 Å². The van der Waals surface area contributed by atoms with E-state index in [1.165, 1.54) is 4.88 Å². The molecule has 3 N–H and O–H groups in total. The van der Waals surface area contributed by atoms with Crippen LogP contribution in [0.5, 0.6) is 0 Å². The van der Waals surface area contributed by atoms with Crippen molar-refractivity contribution in [3.05, 3.63) is 57.8 Å². The number of nitrogens with one attached hydrogen (secondary N) is 3. The van der Waals surface area contributed by atoms with E-state index >= 15 is 0 Å². The monoisotopic (exact) mass is 358 g/mol. The fourth-order valence-electron chi connectivity index (χ4n) is 2.39. The predicted octanol–water partition coefficient (Wildman–Crippen LogP) is 2.76. The first kappa shape index (κ1) is 19.0. The number of thiophene rings is 1. The molecule has 2 aromatic rings. The minimum atomic E-state index is -0.0558. The third kappa shape index (κ3) is 6.23. The summed E-state index contributed by atoms with van der Waals surface area (Å²) in [5, 5.41) is 11.5. The van der Waals surface area contributed by atoms with Gasteiger partial charge in [-0.15, -0.1) is 11.3 Å². The second kappa shape index (κ2) is 9.84. The Kier molecular flexibility index (Phi) is 7.47. The van der Waals surface area contributed by atoms with Crippen LogP contribution in [0.1, 0.15) is 33.6 Å². The molecule has 0 saturated carbocycles. The molecule has 0 aliphatic carbocycles. The molecule has 1 unspecified atom stereocenters. The minimum absolute atomic E-state index is 0.0558. The van der Waals surface area contributed by atoms with Crippen molar-refractivity contribution in [2.24, 2.45) is 4.99 Å². The summed E-state index contributed by atoms with van der Waals surface area (Å²) >= 11 is 1.77. The van der Waals surface area contributed by atoms with Gasteiger partial charge in [0.2, 0.25) is 0 Å². The molecule has 6 heteroatoms. The standard InChI is InChI=1S/C19H26N4OS/c1-14-6-4-7-16(12-14)18(24)21-9-10-22-19(20-3)23-13-15(2)17-8-5-11-25-17/h4-8,11-12,15H,9-10,13H2,1-3H3,(H,21,24)(H2,20,22,23). The maximum atomic E-state index is 12.1. The number of carbonyl (C=O) groups is 1. The van der Waals surface area contributed by atoms with Gasteiger partial charge in [0.25, 0.3) is 5.91 Å². The normalized spacial score (nSPS) is 12.5. The number of carbonyl (C=O) groups excluding carboxylic acids is 1. The molecule has 0 bridgehead atoms. The Morgan fingerprint density at radius 3 is 2.64 bits per heavy atom. The van der Waals surface area contributed by atoms with Gasteiger partial charge in [0.1, 0.15) is 0 Å². The molecule has 1 aromatic heterocycles. The van der Waals surface area contributed by atoms with Gasteiger partial charge >= 0.3 is 0 Å². The summed E-state index contributed by atoms with van der Waals surface area (Å²) in [5.74, 6) is 1.12. The van der Waals surface area contributed by atoms with Crippen LogP contribution in [-0.2, 0) is 0 Å². The maximum Gasteiger partial charge on any atom is 0.251 e. The Morgan fingerprint density at radius 1 is 1.16 bits per heavy atom. The van der Waals surface area contributed by atoms with Gasteiger partial charge in [0, 0.05) is 43.0 Å². The summed E-state index contributed by atoms with van der Waals surface area (Å²) in [5.41, 5.74) is 1.77. The molecule has 0 radical (unpaired) electrons. The van der Waals surface area contributed by atoms with Gasteiger partial charge in [-0.2, -0.15) is 0 Å². The number of benzene rings is 1. The highest BCUT2D eigenvalue weighted by Gasteiger charge is 2.08. The lowest BCUT2D eigenvalue weighted by molar-refractivity contribution is 0.0954. The Bertz CT molecular complexity index is 697. The minimum Gasteiger partial charge on any atom is -0.356 e. The van der Waals surface area contributed by atoms with Crippen LogP contribution >= 0.6 is 11.3 Å². The highest BCUT2D eigenvalue weighted by Crippen LogP contribution is 2.19. The van der Waals surface area contributed by atoms with Gasteiger partial charge in [0.15, 0.2) is 5.96 Å². The average Bonchev–Trinajstić information content (AvgIpc) is 3.15. The number of rotatable bonds is 7. The first-order valence-corrected chi connectivity index (χ1v) is 9.31. The van der Waals surface area contributed by atoms with E-state index in [4.69, 9.17) is 0 Å². The number of amides is 1. The number of hydrogen-bond acceptors (Lipinski definition) is 3. The highest BCUT2D eigenvalue weighted by molar-refractivity contribution is 7.10. The van der Waals surface area contributed by atoms with E-state index < -0.39 is 0 Å². The van der Waals surface area contributed by atoms with Crippen molar-refractivity contribution in [2.45, 2.75) is 19.8 Å². The lowest BCUT2D eigenvalue weighted by atomic mass is 10.1. The molecule has 0 spiro atoms. The fraction of sp³-hybridized carbons (Fsp3) is 0.368. The van der Waals surface area contributed by atoms with Crippen LogP contribution in [0, 0.1) is 6.92 Å². The van der Waals surface area contributed by atoms with E-state index in [9.17, 15) is 4.79 Å². The van der Waals surface area contributed by atoms with Gasteiger partial charge < -0.3 is 16.0 Å². The zero-order chi connectivity index (χ0) is 18.1. The van der Waals surface area contributed by atoms with Crippen molar-refractivity contribution in [1.29, 1.82) is 0 Å². The molecule has 1 heterocycles. The first-order chi connectivity index (χ1) is 12.1.